The molecule has 0 aromatic heterocycles. The number of rotatable bonds is 8. The molecule has 136 valence electrons. The van der Waals surface area contributed by atoms with Gasteiger partial charge in [-0.15, -0.1) is 0 Å². The topological polar surface area (TPSA) is 111 Å². The predicted octanol–water partition coefficient (Wildman–Crippen LogP) is 1.13. The first-order valence-corrected chi connectivity index (χ1v) is 8.12. The molecular formula is C19H21N3O4. The van der Waals surface area contributed by atoms with Crippen molar-refractivity contribution in [3.8, 4) is 0 Å². The zero-order valence-corrected chi connectivity index (χ0v) is 14.2. The number of nitrogens with two attached hydrogens (primary N) is 1. The second kappa shape index (κ2) is 9.83. The van der Waals surface area contributed by atoms with Gasteiger partial charge in [-0.2, -0.15) is 0 Å². The van der Waals surface area contributed by atoms with Crippen molar-refractivity contribution in [3.63, 3.8) is 0 Å². The third-order valence-corrected chi connectivity index (χ3v) is 3.57. The van der Waals surface area contributed by atoms with Crippen LogP contribution in [-0.2, 0) is 27.4 Å². The van der Waals surface area contributed by atoms with Crippen LogP contribution in [0.2, 0.25) is 0 Å². The molecule has 0 aliphatic heterocycles. The van der Waals surface area contributed by atoms with E-state index in [9.17, 15) is 14.4 Å². The number of esters is 1. The number of urea groups is 1. The lowest BCUT2D eigenvalue weighted by atomic mass is 10.1. The van der Waals surface area contributed by atoms with E-state index in [4.69, 9.17) is 10.5 Å². The molecule has 2 aromatic rings. The second-order valence-electron chi connectivity index (χ2n) is 5.61. The van der Waals surface area contributed by atoms with Crippen LogP contribution >= 0.6 is 0 Å². The van der Waals surface area contributed by atoms with Crippen LogP contribution in [0.15, 0.2) is 60.7 Å². The Balaban J connectivity index is 1.83. The number of primary amides is 1. The molecule has 0 radical (unpaired) electrons. The van der Waals surface area contributed by atoms with Crippen molar-refractivity contribution in [1.82, 2.24) is 10.6 Å². The van der Waals surface area contributed by atoms with Crippen molar-refractivity contribution in [2.24, 2.45) is 5.73 Å². The summed E-state index contributed by atoms with van der Waals surface area (Å²) in [7, 11) is 0. The van der Waals surface area contributed by atoms with Crippen LogP contribution in [0.1, 0.15) is 11.1 Å². The number of carbonyl (C=O) groups excluding carboxylic acids is 3. The summed E-state index contributed by atoms with van der Waals surface area (Å²) in [6.07, 6.45) is 0.259. The third-order valence-electron chi connectivity index (χ3n) is 3.57. The van der Waals surface area contributed by atoms with Gasteiger partial charge in [-0.25, -0.2) is 4.79 Å². The van der Waals surface area contributed by atoms with Crippen LogP contribution in [0.3, 0.4) is 0 Å². The smallest absolute Gasteiger partial charge is 0.325 e. The summed E-state index contributed by atoms with van der Waals surface area (Å²) in [5.41, 5.74) is 6.84. The Morgan fingerprint density at radius 2 is 1.50 bits per heavy atom. The Morgan fingerprint density at radius 3 is 2.08 bits per heavy atom. The van der Waals surface area contributed by atoms with E-state index in [1.54, 1.807) is 0 Å². The van der Waals surface area contributed by atoms with E-state index in [2.05, 4.69) is 10.6 Å². The Labute approximate surface area is 151 Å². The maximum absolute atomic E-state index is 12.3. The van der Waals surface area contributed by atoms with Crippen molar-refractivity contribution < 1.29 is 19.1 Å². The Bertz CT molecular complexity index is 735. The summed E-state index contributed by atoms with van der Waals surface area (Å²) in [5, 5.41) is 4.85. The van der Waals surface area contributed by atoms with Crippen LogP contribution in [0.25, 0.3) is 0 Å². The van der Waals surface area contributed by atoms with Crippen molar-refractivity contribution in [2.45, 2.75) is 19.1 Å². The van der Waals surface area contributed by atoms with Crippen molar-refractivity contribution in [3.05, 3.63) is 71.8 Å². The lowest BCUT2D eigenvalue weighted by molar-refractivity contribution is -0.145. The highest BCUT2D eigenvalue weighted by Crippen LogP contribution is 2.04. The number of carbonyl (C=O) groups is 3. The number of hydrogen-bond donors (Lipinski definition) is 3. The first-order chi connectivity index (χ1) is 12.5. The van der Waals surface area contributed by atoms with Crippen LogP contribution in [0, 0.1) is 0 Å². The molecule has 7 heteroatoms. The minimum atomic E-state index is -0.878. The molecule has 0 bridgehead atoms. The van der Waals surface area contributed by atoms with Gasteiger partial charge >= 0.3 is 12.0 Å². The number of benzene rings is 2. The van der Waals surface area contributed by atoms with Gasteiger partial charge in [-0.1, -0.05) is 60.7 Å². The number of amides is 3. The van der Waals surface area contributed by atoms with Crippen molar-refractivity contribution in [1.29, 1.82) is 0 Å². The molecule has 0 spiro atoms. The lowest BCUT2D eigenvalue weighted by Gasteiger charge is -2.17. The normalized spacial score (nSPS) is 11.2. The summed E-state index contributed by atoms with van der Waals surface area (Å²) < 4.78 is 5.09. The highest BCUT2D eigenvalue weighted by Gasteiger charge is 2.21. The molecule has 0 saturated heterocycles. The van der Waals surface area contributed by atoms with Crippen LogP contribution < -0.4 is 16.4 Å². The van der Waals surface area contributed by atoms with E-state index in [1.807, 2.05) is 60.7 Å². The largest absolute Gasteiger partial charge is 0.460 e. The van der Waals surface area contributed by atoms with E-state index in [0.29, 0.717) is 0 Å². The predicted molar refractivity (Wildman–Crippen MR) is 95.9 cm³/mol. The molecule has 2 aromatic carbocycles. The summed E-state index contributed by atoms with van der Waals surface area (Å²) in [5.74, 6) is -1.08. The molecule has 0 fully saturated rings. The first kappa shape index (κ1) is 19.0. The maximum atomic E-state index is 12.3. The zero-order valence-electron chi connectivity index (χ0n) is 14.2. The molecule has 3 amide bonds. The Kier molecular flexibility index (Phi) is 7.17. The van der Waals surface area contributed by atoms with Crippen LogP contribution in [-0.4, -0.2) is 30.5 Å². The molecule has 0 aliphatic rings. The van der Waals surface area contributed by atoms with E-state index in [-0.39, 0.29) is 19.6 Å². The van der Waals surface area contributed by atoms with Gasteiger partial charge in [0, 0.05) is 6.42 Å². The molecule has 7 nitrogen and oxygen atoms in total. The van der Waals surface area contributed by atoms with Gasteiger partial charge in [0.05, 0.1) is 0 Å². The zero-order chi connectivity index (χ0) is 18.8. The van der Waals surface area contributed by atoms with Crippen LogP contribution in [0.5, 0.6) is 0 Å². The maximum Gasteiger partial charge on any atom is 0.325 e. The van der Waals surface area contributed by atoms with Gasteiger partial charge in [0.2, 0.25) is 5.91 Å². The highest BCUT2D eigenvalue weighted by atomic mass is 16.5. The highest BCUT2D eigenvalue weighted by molar-refractivity contribution is 5.89. The first-order valence-electron chi connectivity index (χ1n) is 8.12. The molecule has 1 unspecified atom stereocenters. The Morgan fingerprint density at radius 1 is 0.923 bits per heavy atom. The SMILES string of the molecule is NC(=O)NC(Cc1ccccc1)C(=O)NCC(=O)OCc1ccccc1. The molecule has 26 heavy (non-hydrogen) atoms. The van der Waals surface area contributed by atoms with E-state index in [1.165, 1.54) is 0 Å². The Hall–Kier alpha value is -3.35. The standard InChI is InChI=1S/C19H21N3O4/c20-19(25)22-16(11-14-7-3-1-4-8-14)18(24)21-12-17(23)26-13-15-9-5-2-6-10-15/h1-10,16H,11-13H2,(H,21,24)(H3,20,22,25). The second-order valence-corrected chi connectivity index (χ2v) is 5.61. The monoisotopic (exact) mass is 355 g/mol. The molecule has 0 saturated carbocycles. The van der Waals surface area contributed by atoms with Crippen molar-refractivity contribution in [2.75, 3.05) is 6.54 Å². The summed E-state index contributed by atoms with van der Waals surface area (Å²) in [6.45, 7) is -0.167. The van der Waals surface area contributed by atoms with Gasteiger partial charge in [-0.3, -0.25) is 9.59 Å². The molecule has 0 heterocycles. The fourth-order valence-corrected chi connectivity index (χ4v) is 2.30. The molecule has 4 N–H and O–H groups in total. The minimum Gasteiger partial charge on any atom is -0.460 e. The minimum absolute atomic E-state index is 0.128. The number of hydrogen-bond acceptors (Lipinski definition) is 4. The average molecular weight is 355 g/mol. The molecular weight excluding hydrogens is 334 g/mol. The molecule has 0 aliphatic carbocycles. The lowest BCUT2D eigenvalue weighted by Crippen LogP contribution is -2.50. The number of nitrogens with one attached hydrogen (secondary N) is 2. The quantitative estimate of drug-likeness (QED) is 0.616. The van der Waals surface area contributed by atoms with E-state index >= 15 is 0 Å². The summed E-state index contributed by atoms with van der Waals surface area (Å²) >= 11 is 0. The number of ether oxygens (including phenoxy) is 1. The molecule has 1 atom stereocenters. The van der Waals surface area contributed by atoms with Gasteiger partial charge in [0.1, 0.15) is 19.2 Å². The average Bonchev–Trinajstić information content (AvgIpc) is 2.65. The fraction of sp³-hybridized carbons (Fsp3) is 0.211. The summed E-state index contributed by atoms with van der Waals surface area (Å²) in [4.78, 5) is 35.2. The van der Waals surface area contributed by atoms with Gasteiger partial charge in [-0.05, 0) is 11.1 Å². The summed E-state index contributed by atoms with van der Waals surface area (Å²) in [6, 6.07) is 16.7. The van der Waals surface area contributed by atoms with E-state index in [0.717, 1.165) is 11.1 Å². The van der Waals surface area contributed by atoms with Gasteiger partial charge < -0.3 is 21.1 Å². The fourth-order valence-electron chi connectivity index (χ4n) is 2.30. The van der Waals surface area contributed by atoms with Crippen molar-refractivity contribution >= 4 is 17.9 Å². The van der Waals surface area contributed by atoms with Crippen LogP contribution in [0.4, 0.5) is 4.79 Å². The molecule has 2 rings (SSSR count). The van der Waals surface area contributed by atoms with E-state index < -0.39 is 23.9 Å². The van der Waals surface area contributed by atoms with Gasteiger partial charge in [0.25, 0.3) is 0 Å². The third kappa shape index (κ3) is 6.64. The van der Waals surface area contributed by atoms with Gasteiger partial charge in [0.15, 0.2) is 0 Å².